The summed E-state index contributed by atoms with van der Waals surface area (Å²) in [5.74, 6) is -2.36. The summed E-state index contributed by atoms with van der Waals surface area (Å²) in [4.78, 5) is 12.3. The molecule has 1 atom stereocenters. The maximum absolute atomic E-state index is 14.8. The molecule has 1 aromatic heterocycles. The van der Waals surface area contributed by atoms with Gasteiger partial charge in [0.15, 0.2) is 0 Å². The summed E-state index contributed by atoms with van der Waals surface area (Å²) in [6, 6.07) is 6.36. The van der Waals surface area contributed by atoms with Crippen LogP contribution in [0.2, 0.25) is 0 Å². The van der Waals surface area contributed by atoms with Crippen LogP contribution in [-0.4, -0.2) is 25.8 Å². The van der Waals surface area contributed by atoms with E-state index >= 15 is 0 Å². The van der Waals surface area contributed by atoms with E-state index in [4.69, 9.17) is 13.8 Å². The molecule has 136 valence electrons. The van der Waals surface area contributed by atoms with Crippen LogP contribution in [0.25, 0.3) is 10.1 Å². The second kappa shape index (κ2) is 8.72. The molecule has 0 amide bonds. The summed E-state index contributed by atoms with van der Waals surface area (Å²) in [6.45, 7) is 7.02. The van der Waals surface area contributed by atoms with Gasteiger partial charge >= 0.3 is 13.6 Å². The van der Waals surface area contributed by atoms with Gasteiger partial charge in [-0.3, -0.25) is 4.57 Å². The number of halogens is 1. The normalized spacial score (nSPS) is 12.9. The van der Waals surface area contributed by atoms with Crippen LogP contribution in [0.5, 0.6) is 0 Å². The molecule has 2 rings (SSSR count). The Labute approximate surface area is 149 Å². The summed E-state index contributed by atoms with van der Waals surface area (Å²) in [7, 11) is -3.90. The van der Waals surface area contributed by atoms with E-state index in [9.17, 15) is 13.8 Å². The van der Waals surface area contributed by atoms with Gasteiger partial charge in [0.1, 0.15) is 11.5 Å². The van der Waals surface area contributed by atoms with Gasteiger partial charge in [0.2, 0.25) is 5.91 Å². The number of thiophene rings is 1. The topological polar surface area (TPSA) is 61.8 Å². The molecule has 0 unspecified atom stereocenters. The lowest BCUT2D eigenvalue weighted by Crippen LogP contribution is -2.02. The first kappa shape index (κ1) is 19.8. The fraction of sp³-hybridized carbons (Fsp3) is 0.353. The Hall–Kier alpha value is -1.53. The van der Waals surface area contributed by atoms with Crippen LogP contribution in [0.1, 0.15) is 35.0 Å². The molecule has 0 radical (unpaired) electrons. The van der Waals surface area contributed by atoms with Crippen molar-refractivity contribution in [1.29, 1.82) is 0 Å². The highest BCUT2D eigenvalue weighted by Gasteiger charge is 2.37. The number of carbonyl (C=O) groups excluding carboxylic acids is 1. The lowest BCUT2D eigenvalue weighted by atomic mass is 10.2. The third-order valence-corrected chi connectivity index (χ3v) is 6.43. The Morgan fingerprint density at radius 1 is 1.32 bits per heavy atom. The van der Waals surface area contributed by atoms with Gasteiger partial charge in [-0.05, 0) is 43.0 Å². The molecule has 25 heavy (non-hydrogen) atoms. The Balaban J connectivity index is 2.32. The Kier molecular flexibility index (Phi) is 6.90. The third kappa shape index (κ3) is 4.55. The van der Waals surface area contributed by atoms with Gasteiger partial charge in [0.05, 0.1) is 13.2 Å². The van der Waals surface area contributed by atoms with Crippen molar-refractivity contribution in [2.45, 2.75) is 19.8 Å². The number of fused-ring (bicyclic) bond motifs is 1. The molecule has 0 N–H and O–H groups in total. The Morgan fingerprint density at radius 3 is 2.60 bits per heavy atom. The predicted molar refractivity (Wildman–Crippen MR) is 97.0 cm³/mol. The molecule has 1 aromatic carbocycles. The molecule has 0 aliphatic carbocycles. The smallest absolute Gasteiger partial charge is 0.369 e. The van der Waals surface area contributed by atoms with E-state index in [0.29, 0.717) is 10.3 Å². The van der Waals surface area contributed by atoms with Crippen molar-refractivity contribution in [1.82, 2.24) is 0 Å². The standard InChI is InChI=1S/C17H20FO5PS/c1-4-9-21-17(19)15-11-13-10-12(7-8-14(13)25-15)16(18)24(20,22-5-2)23-6-3/h4,7-8,10-11,16H,1,5-6,9H2,2-3H3/t16-/m1/s1. The zero-order valence-corrected chi connectivity index (χ0v) is 15.8. The number of ether oxygens (including phenoxy) is 1. The van der Waals surface area contributed by atoms with Gasteiger partial charge in [-0.1, -0.05) is 18.7 Å². The van der Waals surface area contributed by atoms with Crippen molar-refractivity contribution in [2.24, 2.45) is 0 Å². The SMILES string of the molecule is C=CCOC(=O)c1cc2cc([C@H](F)P(=O)(OCC)OCC)ccc2s1. The van der Waals surface area contributed by atoms with Gasteiger partial charge in [0, 0.05) is 4.70 Å². The monoisotopic (exact) mass is 386 g/mol. The number of esters is 1. The zero-order valence-electron chi connectivity index (χ0n) is 14.1. The van der Waals surface area contributed by atoms with Crippen molar-refractivity contribution in [2.75, 3.05) is 19.8 Å². The second-order valence-corrected chi connectivity index (χ2v) is 8.14. The average Bonchev–Trinajstić information content (AvgIpc) is 3.02. The van der Waals surface area contributed by atoms with Gasteiger partial charge < -0.3 is 13.8 Å². The van der Waals surface area contributed by atoms with E-state index in [2.05, 4.69) is 6.58 Å². The zero-order chi connectivity index (χ0) is 18.4. The minimum absolute atomic E-state index is 0.0810. The number of hydrogen-bond acceptors (Lipinski definition) is 6. The van der Waals surface area contributed by atoms with Crippen LogP contribution < -0.4 is 0 Å². The number of carbonyl (C=O) groups is 1. The van der Waals surface area contributed by atoms with Crippen molar-refractivity contribution in [3.05, 3.63) is 47.4 Å². The molecule has 0 aliphatic heterocycles. The summed E-state index contributed by atoms with van der Waals surface area (Å²) in [5.41, 5.74) is 0.182. The van der Waals surface area contributed by atoms with Crippen molar-refractivity contribution in [3.8, 4) is 0 Å². The summed E-state index contributed by atoms with van der Waals surface area (Å²) in [5, 5.41) is 0.662. The summed E-state index contributed by atoms with van der Waals surface area (Å²) in [6.07, 6.45) is 1.48. The highest BCUT2D eigenvalue weighted by molar-refractivity contribution is 7.54. The minimum atomic E-state index is -3.90. The van der Waals surface area contributed by atoms with Gasteiger partial charge in [-0.2, -0.15) is 0 Å². The lowest BCUT2D eigenvalue weighted by Gasteiger charge is -2.20. The number of hydrogen-bond donors (Lipinski definition) is 0. The summed E-state index contributed by atoms with van der Waals surface area (Å²) < 4.78 is 43.3. The van der Waals surface area contributed by atoms with E-state index in [1.165, 1.54) is 23.5 Å². The molecule has 0 saturated heterocycles. The maximum atomic E-state index is 14.8. The fourth-order valence-electron chi connectivity index (χ4n) is 2.23. The maximum Gasteiger partial charge on any atom is 0.369 e. The average molecular weight is 386 g/mol. The van der Waals surface area contributed by atoms with Crippen LogP contribution in [0, 0.1) is 0 Å². The summed E-state index contributed by atoms with van der Waals surface area (Å²) >= 11 is 1.24. The van der Waals surface area contributed by atoms with Crippen molar-refractivity contribution in [3.63, 3.8) is 0 Å². The molecule has 0 spiro atoms. The molecular weight excluding hydrogens is 366 g/mol. The van der Waals surface area contributed by atoms with Crippen LogP contribution in [0.15, 0.2) is 36.9 Å². The van der Waals surface area contributed by atoms with E-state index in [-0.39, 0.29) is 25.4 Å². The van der Waals surface area contributed by atoms with Crippen molar-refractivity contribution < 1.29 is 27.5 Å². The Bertz CT molecular complexity index is 793. The van der Waals surface area contributed by atoms with Crippen LogP contribution in [0.3, 0.4) is 0 Å². The van der Waals surface area contributed by atoms with Gasteiger partial charge in [0.25, 0.3) is 0 Å². The molecule has 8 heteroatoms. The van der Waals surface area contributed by atoms with Crippen LogP contribution in [-0.2, 0) is 18.3 Å². The number of alkyl halides is 1. The molecule has 0 saturated carbocycles. The molecule has 5 nitrogen and oxygen atoms in total. The van der Waals surface area contributed by atoms with Crippen LogP contribution in [0.4, 0.5) is 4.39 Å². The van der Waals surface area contributed by atoms with E-state index in [1.54, 1.807) is 32.0 Å². The second-order valence-electron chi connectivity index (χ2n) is 5.01. The molecule has 0 bridgehead atoms. The first-order valence-corrected chi connectivity index (χ1v) is 10.2. The molecule has 0 aliphatic rings. The lowest BCUT2D eigenvalue weighted by molar-refractivity contribution is 0.0555. The van der Waals surface area contributed by atoms with Crippen LogP contribution >= 0.6 is 18.9 Å². The minimum Gasteiger partial charge on any atom is -0.457 e. The third-order valence-electron chi connectivity index (χ3n) is 3.24. The van der Waals surface area contributed by atoms with Gasteiger partial charge in [-0.25, -0.2) is 9.18 Å². The highest BCUT2D eigenvalue weighted by atomic mass is 32.1. The largest absolute Gasteiger partial charge is 0.457 e. The van der Waals surface area contributed by atoms with E-state index in [1.807, 2.05) is 0 Å². The molecular formula is C17H20FO5PS. The quantitative estimate of drug-likeness (QED) is 0.324. The molecule has 0 fully saturated rings. The highest BCUT2D eigenvalue weighted by Crippen LogP contribution is 2.61. The number of benzene rings is 1. The predicted octanol–water partition coefficient (Wildman–Crippen LogP) is 5.48. The van der Waals surface area contributed by atoms with E-state index in [0.717, 1.165) is 4.70 Å². The first-order valence-electron chi connectivity index (χ1n) is 7.79. The van der Waals surface area contributed by atoms with Gasteiger partial charge in [-0.15, -0.1) is 11.3 Å². The number of rotatable bonds is 9. The van der Waals surface area contributed by atoms with Crippen molar-refractivity contribution >= 4 is 35.0 Å². The first-order chi connectivity index (χ1) is 11.9. The van der Waals surface area contributed by atoms with E-state index < -0.39 is 19.5 Å². The molecule has 1 heterocycles. The fourth-order valence-corrected chi connectivity index (χ4v) is 4.75. The molecule has 2 aromatic rings. The Morgan fingerprint density at radius 2 is 2.00 bits per heavy atom.